The summed E-state index contributed by atoms with van der Waals surface area (Å²) < 4.78 is 0. The van der Waals surface area contributed by atoms with Crippen LogP contribution in [0.25, 0.3) is 0 Å². The number of aromatic nitrogens is 1. The van der Waals surface area contributed by atoms with Crippen LogP contribution < -0.4 is 0 Å². The van der Waals surface area contributed by atoms with E-state index in [0.717, 1.165) is 17.7 Å². The number of carbonyl (C=O) groups is 1. The number of ketones is 1. The van der Waals surface area contributed by atoms with Crippen LogP contribution in [0.3, 0.4) is 0 Å². The molecule has 1 fully saturated rings. The number of nitrogens with zero attached hydrogens (tertiary/aromatic N) is 2. The molecule has 3 heteroatoms. The van der Waals surface area contributed by atoms with E-state index in [1.165, 1.54) is 0 Å². The molecule has 1 aliphatic carbocycles. The monoisotopic (exact) mass is 230 g/mol. The molecule has 17 heavy (non-hydrogen) atoms. The predicted octanol–water partition coefficient (Wildman–Crippen LogP) is 2.80. The van der Waals surface area contributed by atoms with Crippen LogP contribution in [0.1, 0.15) is 38.7 Å². The first kappa shape index (κ1) is 12.0. The van der Waals surface area contributed by atoms with Crippen molar-refractivity contribution in [2.45, 2.75) is 39.7 Å². The quantitative estimate of drug-likeness (QED) is 0.784. The van der Waals surface area contributed by atoms with Gasteiger partial charge in [-0.1, -0.05) is 13.8 Å². The average Bonchev–Trinajstić information content (AvgIpc) is 2.25. The molecular formula is C14H18N2O. The molecule has 0 N–H and O–H groups in total. The van der Waals surface area contributed by atoms with Crippen LogP contribution in [0.4, 0.5) is 0 Å². The molecule has 1 saturated carbocycles. The zero-order chi connectivity index (χ0) is 12.3. The van der Waals surface area contributed by atoms with Gasteiger partial charge in [0.1, 0.15) is 5.78 Å². The lowest BCUT2D eigenvalue weighted by molar-refractivity contribution is -0.120. The van der Waals surface area contributed by atoms with Gasteiger partial charge in [-0.25, -0.2) is 0 Å². The Hall–Kier alpha value is -1.51. The molecule has 0 unspecified atom stereocenters. The summed E-state index contributed by atoms with van der Waals surface area (Å²) in [7, 11) is 0. The van der Waals surface area contributed by atoms with Gasteiger partial charge >= 0.3 is 0 Å². The number of rotatable bonds is 2. The number of pyridine rings is 1. The van der Waals surface area contributed by atoms with Crippen LogP contribution in [0.2, 0.25) is 0 Å². The van der Waals surface area contributed by atoms with Crippen LogP contribution >= 0.6 is 0 Å². The Morgan fingerprint density at radius 3 is 2.65 bits per heavy atom. The van der Waals surface area contributed by atoms with Gasteiger partial charge < -0.3 is 0 Å². The molecule has 1 heterocycles. The normalized spacial score (nSPS) is 21.8. The van der Waals surface area contributed by atoms with E-state index in [0.29, 0.717) is 25.2 Å². The standard InChI is InChI=1S/C14H18N2O/c1-14(2)8-12(7-13(17)9-14)16-10-11-3-5-15-6-4-11/h3-6H,7-10H2,1-2H3. The molecule has 1 aromatic heterocycles. The molecule has 0 spiro atoms. The molecule has 0 aliphatic heterocycles. The summed E-state index contributed by atoms with van der Waals surface area (Å²) in [6.07, 6.45) is 5.69. The lowest BCUT2D eigenvalue weighted by Gasteiger charge is -2.29. The van der Waals surface area contributed by atoms with Crippen LogP contribution in [-0.4, -0.2) is 16.5 Å². The summed E-state index contributed by atoms with van der Waals surface area (Å²) in [5, 5.41) is 0. The Balaban J connectivity index is 2.05. The first-order valence-electron chi connectivity index (χ1n) is 5.98. The minimum Gasteiger partial charge on any atom is -0.299 e. The number of hydrogen-bond acceptors (Lipinski definition) is 3. The Kier molecular flexibility index (Phi) is 3.36. The van der Waals surface area contributed by atoms with Crippen molar-refractivity contribution in [3.63, 3.8) is 0 Å². The van der Waals surface area contributed by atoms with Gasteiger partial charge in [0.15, 0.2) is 0 Å². The highest BCUT2D eigenvalue weighted by Crippen LogP contribution is 2.31. The van der Waals surface area contributed by atoms with Gasteiger partial charge in [-0.2, -0.15) is 0 Å². The van der Waals surface area contributed by atoms with Gasteiger partial charge in [0, 0.05) is 30.9 Å². The fourth-order valence-electron chi connectivity index (χ4n) is 2.30. The topological polar surface area (TPSA) is 42.3 Å². The summed E-state index contributed by atoms with van der Waals surface area (Å²) in [5.74, 6) is 0.315. The van der Waals surface area contributed by atoms with Crippen molar-refractivity contribution >= 4 is 11.5 Å². The number of hydrogen-bond donors (Lipinski definition) is 0. The minimum atomic E-state index is 0.0758. The molecule has 1 aliphatic rings. The first-order chi connectivity index (χ1) is 8.05. The third-order valence-corrected chi connectivity index (χ3v) is 2.99. The Morgan fingerprint density at radius 2 is 2.00 bits per heavy atom. The van der Waals surface area contributed by atoms with Crippen LogP contribution in [0.15, 0.2) is 29.5 Å². The number of carbonyl (C=O) groups excluding carboxylic acids is 1. The third-order valence-electron chi connectivity index (χ3n) is 2.99. The first-order valence-corrected chi connectivity index (χ1v) is 5.98. The largest absolute Gasteiger partial charge is 0.299 e. The highest BCUT2D eigenvalue weighted by Gasteiger charge is 2.29. The molecule has 3 nitrogen and oxygen atoms in total. The lowest BCUT2D eigenvalue weighted by Crippen LogP contribution is -2.29. The molecule has 0 amide bonds. The maximum Gasteiger partial charge on any atom is 0.139 e. The Morgan fingerprint density at radius 1 is 1.29 bits per heavy atom. The van der Waals surface area contributed by atoms with E-state index in [2.05, 4.69) is 23.8 Å². The zero-order valence-corrected chi connectivity index (χ0v) is 10.4. The van der Waals surface area contributed by atoms with Crippen molar-refractivity contribution in [3.05, 3.63) is 30.1 Å². The average molecular weight is 230 g/mol. The maximum absolute atomic E-state index is 11.6. The van der Waals surface area contributed by atoms with Crippen molar-refractivity contribution in [2.75, 3.05) is 0 Å². The van der Waals surface area contributed by atoms with E-state index in [4.69, 9.17) is 0 Å². The Bertz CT molecular complexity index is 435. The second-order valence-corrected chi connectivity index (χ2v) is 5.47. The van der Waals surface area contributed by atoms with Gasteiger partial charge in [-0.05, 0) is 29.5 Å². The predicted molar refractivity (Wildman–Crippen MR) is 68.0 cm³/mol. The number of Topliss-reactive ketones (excluding diaryl/α,β-unsaturated/α-hetero) is 1. The van der Waals surface area contributed by atoms with Crippen molar-refractivity contribution in [1.29, 1.82) is 0 Å². The van der Waals surface area contributed by atoms with Crippen molar-refractivity contribution in [2.24, 2.45) is 10.4 Å². The van der Waals surface area contributed by atoms with E-state index >= 15 is 0 Å². The lowest BCUT2D eigenvalue weighted by atomic mass is 9.76. The third kappa shape index (κ3) is 3.48. The summed E-state index contributed by atoms with van der Waals surface area (Å²) in [6, 6.07) is 3.92. The second-order valence-electron chi connectivity index (χ2n) is 5.47. The van der Waals surface area contributed by atoms with E-state index in [1.54, 1.807) is 12.4 Å². The van der Waals surface area contributed by atoms with Gasteiger partial charge in [0.05, 0.1) is 6.54 Å². The second kappa shape index (κ2) is 4.78. The molecule has 0 aromatic carbocycles. The highest BCUT2D eigenvalue weighted by molar-refractivity contribution is 6.04. The van der Waals surface area contributed by atoms with Crippen molar-refractivity contribution < 1.29 is 4.79 Å². The number of aliphatic imine (C=N–C) groups is 1. The SMILES string of the molecule is CC1(C)CC(=O)CC(=NCc2ccncc2)C1. The van der Waals surface area contributed by atoms with Gasteiger partial charge in [0.2, 0.25) is 0 Å². The van der Waals surface area contributed by atoms with Gasteiger partial charge in [-0.3, -0.25) is 14.8 Å². The van der Waals surface area contributed by atoms with E-state index < -0.39 is 0 Å². The molecule has 0 atom stereocenters. The molecule has 2 rings (SSSR count). The molecule has 0 radical (unpaired) electrons. The summed E-state index contributed by atoms with van der Waals surface area (Å²) in [6.45, 7) is 4.92. The summed E-state index contributed by atoms with van der Waals surface area (Å²) in [4.78, 5) is 20.1. The van der Waals surface area contributed by atoms with Crippen LogP contribution in [0.5, 0.6) is 0 Å². The van der Waals surface area contributed by atoms with E-state index in [9.17, 15) is 4.79 Å². The van der Waals surface area contributed by atoms with Gasteiger partial charge in [0.25, 0.3) is 0 Å². The fraction of sp³-hybridized carbons (Fsp3) is 0.500. The molecule has 90 valence electrons. The summed E-state index contributed by atoms with van der Waals surface area (Å²) in [5.41, 5.74) is 2.26. The highest BCUT2D eigenvalue weighted by atomic mass is 16.1. The molecule has 1 aromatic rings. The molecule has 0 bridgehead atoms. The van der Waals surface area contributed by atoms with Crippen LogP contribution in [-0.2, 0) is 11.3 Å². The molecular weight excluding hydrogens is 212 g/mol. The maximum atomic E-state index is 11.6. The zero-order valence-electron chi connectivity index (χ0n) is 10.4. The van der Waals surface area contributed by atoms with Crippen LogP contribution in [0, 0.1) is 5.41 Å². The van der Waals surface area contributed by atoms with Gasteiger partial charge in [-0.15, -0.1) is 0 Å². The minimum absolute atomic E-state index is 0.0758. The molecule has 0 saturated heterocycles. The smallest absolute Gasteiger partial charge is 0.139 e. The van der Waals surface area contributed by atoms with E-state index in [-0.39, 0.29) is 5.41 Å². The Labute approximate surface area is 102 Å². The summed E-state index contributed by atoms with van der Waals surface area (Å²) >= 11 is 0. The van der Waals surface area contributed by atoms with Crippen molar-refractivity contribution in [1.82, 2.24) is 4.98 Å². The van der Waals surface area contributed by atoms with E-state index in [1.807, 2.05) is 12.1 Å². The fourth-order valence-corrected chi connectivity index (χ4v) is 2.30. The van der Waals surface area contributed by atoms with Crippen molar-refractivity contribution in [3.8, 4) is 0 Å².